The Labute approximate surface area is 135 Å². The van der Waals surface area contributed by atoms with Gasteiger partial charge in [-0.05, 0) is 36.3 Å². The third-order valence-corrected chi connectivity index (χ3v) is 6.67. The van der Waals surface area contributed by atoms with E-state index in [4.69, 9.17) is 0 Å². The van der Waals surface area contributed by atoms with Crippen molar-refractivity contribution in [3.8, 4) is 0 Å². The van der Waals surface area contributed by atoms with E-state index in [1.807, 2.05) is 4.90 Å². The number of amides is 2. The average Bonchev–Trinajstić information content (AvgIpc) is 2.94. The largest absolute Gasteiger partial charge is 0.335 e. The lowest BCUT2D eigenvalue weighted by Gasteiger charge is -2.33. The standard InChI is InChI=1S/C14H21N3O3S2/c1-22(19,20)17-7-2-12(3-8-17)15-14(18)16-6-4-13-11(10-16)5-9-21-13/h5,9,12H,2-4,6-8,10H2,1H3,(H,15,18). The fourth-order valence-electron chi connectivity index (χ4n) is 3.02. The minimum Gasteiger partial charge on any atom is -0.335 e. The molecule has 8 heteroatoms. The molecule has 0 saturated carbocycles. The first-order valence-corrected chi connectivity index (χ1v) is 10.2. The van der Waals surface area contributed by atoms with Gasteiger partial charge in [-0.15, -0.1) is 11.3 Å². The Balaban J connectivity index is 1.51. The Morgan fingerprint density at radius 2 is 2.05 bits per heavy atom. The summed E-state index contributed by atoms with van der Waals surface area (Å²) in [5.74, 6) is 0. The summed E-state index contributed by atoms with van der Waals surface area (Å²) in [7, 11) is -3.11. The first kappa shape index (κ1) is 15.8. The van der Waals surface area contributed by atoms with Crippen LogP contribution in [-0.4, -0.2) is 55.6 Å². The minimum atomic E-state index is -3.11. The van der Waals surface area contributed by atoms with E-state index in [2.05, 4.69) is 16.8 Å². The molecular formula is C14H21N3O3S2. The first-order chi connectivity index (χ1) is 10.4. The third kappa shape index (κ3) is 3.44. The van der Waals surface area contributed by atoms with E-state index in [-0.39, 0.29) is 12.1 Å². The van der Waals surface area contributed by atoms with Crippen LogP contribution in [0.4, 0.5) is 4.79 Å². The number of fused-ring (bicyclic) bond motifs is 1. The lowest BCUT2D eigenvalue weighted by molar-refractivity contribution is 0.182. The monoisotopic (exact) mass is 343 g/mol. The van der Waals surface area contributed by atoms with E-state index >= 15 is 0 Å². The maximum Gasteiger partial charge on any atom is 0.317 e. The van der Waals surface area contributed by atoms with Gasteiger partial charge in [0.2, 0.25) is 10.0 Å². The molecule has 1 fully saturated rings. The van der Waals surface area contributed by atoms with Crippen LogP contribution in [-0.2, 0) is 23.0 Å². The van der Waals surface area contributed by atoms with Crippen LogP contribution in [0.15, 0.2) is 11.4 Å². The topological polar surface area (TPSA) is 69.7 Å². The van der Waals surface area contributed by atoms with Gasteiger partial charge in [-0.1, -0.05) is 0 Å². The summed E-state index contributed by atoms with van der Waals surface area (Å²) >= 11 is 1.76. The molecule has 6 nitrogen and oxygen atoms in total. The first-order valence-electron chi connectivity index (χ1n) is 7.49. The van der Waals surface area contributed by atoms with Gasteiger partial charge >= 0.3 is 6.03 Å². The number of carbonyl (C=O) groups is 1. The van der Waals surface area contributed by atoms with Crippen LogP contribution in [0.25, 0.3) is 0 Å². The SMILES string of the molecule is CS(=O)(=O)N1CCC(NC(=O)N2CCc3sccc3C2)CC1. The van der Waals surface area contributed by atoms with Gasteiger partial charge in [-0.25, -0.2) is 17.5 Å². The molecule has 0 radical (unpaired) electrons. The predicted molar refractivity (Wildman–Crippen MR) is 86.4 cm³/mol. The molecule has 1 saturated heterocycles. The van der Waals surface area contributed by atoms with Crippen LogP contribution >= 0.6 is 11.3 Å². The van der Waals surface area contributed by atoms with Crippen molar-refractivity contribution in [3.63, 3.8) is 0 Å². The van der Waals surface area contributed by atoms with E-state index in [1.54, 1.807) is 11.3 Å². The number of hydrogen-bond acceptors (Lipinski definition) is 4. The highest BCUT2D eigenvalue weighted by Gasteiger charge is 2.28. The van der Waals surface area contributed by atoms with E-state index < -0.39 is 10.0 Å². The molecule has 1 aromatic rings. The number of nitrogens with zero attached hydrogens (tertiary/aromatic N) is 2. The van der Waals surface area contributed by atoms with E-state index in [0.29, 0.717) is 32.5 Å². The molecule has 0 atom stereocenters. The average molecular weight is 343 g/mol. The molecule has 1 aromatic heterocycles. The Morgan fingerprint density at radius 1 is 1.32 bits per heavy atom. The van der Waals surface area contributed by atoms with Crippen LogP contribution in [0.3, 0.4) is 0 Å². The van der Waals surface area contributed by atoms with Gasteiger partial charge in [-0.2, -0.15) is 0 Å². The van der Waals surface area contributed by atoms with Crippen LogP contribution in [0, 0.1) is 0 Å². The van der Waals surface area contributed by atoms with E-state index in [0.717, 1.165) is 13.0 Å². The molecule has 122 valence electrons. The summed E-state index contributed by atoms with van der Waals surface area (Å²) in [5, 5.41) is 5.13. The highest BCUT2D eigenvalue weighted by Crippen LogP contribution is 2.24. The number of nitrogens with one attached hydrogen (secondary N) is 1. The molecule has 3 rings (SSSR count). The summed E-state index contributed by atoms with van der Waals surface area (Å²) < 4.78 is 24.5. The van der Waals surface area contributed by atoms with Crippen molar-refractivity contribution < 1.29 is 13.2 Å². The second-order valence-electron chi connectivity index (χ2n) is 5.93. The van der Waals surface area contributed by atoms with Crippen molar-refractivity contribution in [3.05, 3.63) is 21.9 Å². The van der Waals surface area contributed by atoms with Crippen molar-refractivity contribution in [1.29, 1.82) is 0 Å². The molecule has 0 unspecified atom stereocenters. The van der Waals surface area contributed by atoms with Crippen molar-refractivity contribution in [2.75, 3.05) is 25.9 Å². The summed E-state index contributed by atoms with van der Waals surface area (Å²) in [6.45, 7) is 2.39. The second-order valence-corrected chi connectivity index (χ2v) is 8.91. The zero-order valence-electron chi connectivity index (χ0n) is 12.6. The number of rotatable bonds is 2. The molecule has 2 aliphatic rings. The Morgan fingerprint density at radius 3 is 2.73 bits per heavy atom. The van der Waals surface area contributed by atoms with Gasteiger partial charge < -0.3 is 10.2 Å². The zero-order chi connectivity index (χ0) is 15.7. The summed E-state index contributed by atoms with van der Waals surface area (Å²) in [6.07, 6.45) is 3.51. The minimum absolute atomic E-state index is 0.0327. The zero-order valence-corrected chi connectivity index (χ0v) is 14.3. The molecular weight excluding hydrogens is 322 g/mol. The maximum atomic E-state index is 12.4. The predicted octanol–water partition coefficient (Wildman–Crippen LogP) is 1.24. The van der Waals surface area contributed by atoms with Crippen LogP contribution < -0.4 is 5.32 Å². The lowest BCUT2D eigenvalue weighted by Crippen LogP contribution is -2.50. The second kappa shape index (κ2) is 6.17. The Kier molecular flexibility index (Phi) is 4.42. The van der Waals surface area contributed by atoms with Gasteiger partial charge in [0.25, 0.3) is 0 Å². The fraction of sp³-hybridized carbons (Fsp3) is 0.643. The molecule has 0 spiro atoms. The van der Waals surface area contributed by atoms with Gasteiger partial charge in [0.15, 0.2) is 0 Å². The fourth-order valence-corrected chi connectivity index (χ4v) is 4.78. The summed E-state index contributed by atoms with van der Waals surface area (Å²) in [6, 6.07) is 2.12. The van der Waals surface area contributed by atoms with Gasteiger partial charge in [-0.3, -0.25) is 0 Å². The molecule has 2 aliphatic heterocycles. The van der Waals surface area contributed by atoms with E-state index in [1.165, 1.54) is 21.0 Å². The lowest BCUT2D eigenvalue weighted by atomic mass is 10.1. The number of thiophene rings is 1. The maximum absolute atomic E-state index is 12.4. The molecule has 2 amide bonds. The van der Waals surface area contributed by atoms with Gasteiger partial charge in [0.05, 0.1) is 6.26 Å². The number of carbonyl (C=O) groups excluding carboxylic acids is 1. The summed E-state index contributed by atoms with van der Waals surface area (Å²) in [5.41, 5.74) is 1.25. The molecule has 0 aliphatic carbocycles. The smallest absolute Gasteiger partial charge is 0.317 e. The number of sulfonamides is 1. The van der Waals surface area contributed by atoms with E-state index in [9.17, 15) is 13.2 Å². The highest BCUT2D eigenvalue weighted by atomic mass is 32.2. The Hall–Kier alpha value is -1.12. The van der Waals surface area contributed by atoms with Crippen molar-refractivity contribution >= 4 is 27.4 Å². The quantitative estimate of drug-likeness (QED) is 0.878. The number of hydrogen-bond donors (Lipinski definition) is 1. The van der Waals surface area contributed by atoms with Crippen LogP contribution in [0.5, 0.6) is 0 Å². The van der Waals surface area contributed by atoms with Gasteiger partial charge in [0.1, 0.15) is 0 Å². The van der Waals surface area contributed by atoms with Gasteiger partial charge in [0, 0.05) is 37.1 Å². The molecule has 3 heterocycles. The summed E-state index contributed by atoms with van der Waals surface area (Å²) in [4.78, 5) is 15.6. The molecule has 1 N–H and O–H groups in total. The molecule has 0 aromatic carbocycles. The van der Waals surface area contributed by atoms with Crippen molar-refractivity contribution in [1.82, 2.24) is 14.5 Å². The van der Waals surface area contributed by atoms with Crippen molar-refractivity contribution in [2.45, 2.75) is 31.8 Å². The Bertz CT molecular complexity index is 648. The van der Waals surface area contributed by atoms with Crippen molar-refractivity contribution in [2.24, 2.45) is 0 Å². The van der Waals surface area contributed by atoms with Crippen LogP contribution in [0.2, 0.25) is 0 Å². The number of urea groups is 1. The number of piperidine rings is 1. The normalized spacial score (nSPS) is 20.7. The van der Waals surface area contributed by atoms with Crippen LogP contribution in [0.1, 0.15) is 23.3 Å². The third-order valence-electron chi connectivity index (χ3n) is 4.35. The molecule has 0 bridgehead atoms. The highest BCUT2D eigenvalue weighted by molar-refractivity contribution is 7.88. The molecule has 22 heavy (non-hydrogen) atoms.